The van der Waals surface area contributed by atoms with Gasteiger partial charge in [0.2, 0.25) is 5.91 Å². The summed E-state index contributed by atoms with van der Waals surface area (Å²) in [5.74, 6) is 0.501. The van der Waals surface area contributed by atoms with Crippen LogP contribution in [0.3, 0.4) is 0 Å². The summed E-state index contributed by atoms with van der Waals surface area (Å²) in [5.41, 5.74) is 1.98. The fourth-order valence-corrected chi connectivity index (χ4v) is 2.99. The summed E-state index contributed by atoms with van der Waals surface area (Å²) in [6, 6.07) is 5.77. The molecule has 1 saturated heterocycles. The van der Waals surface area contributed by atoms with Crippen LogP contribution in [0.5, 0.6) is 5.75 Å². The number of benzene rings is 1. The predicted molar refractivity (Wildman–Crippen MR) is 87.4 cm³/mol. The van der Waals surface area contributed by atoms with Crippen LogP contribution < -0.4 is 4.74 Å². The Morgan fingerprint density at radius 1 is 1.35 bits per heavy atom. The summed E-state index contributed by atoms with van der Waals surface area (Å²) in [7, 11) is 1.64. The number of hydrogen-bond donors (Lipinski definition) is 0. The second kappa shape index (κ2) is 7.99. The number of carbonyl (C=O) groups excluding carboxylic acids is 2. The number of esters is 1. The van der Waals surface area contributed by atoms with E-state index in [-0.39, 0.29) is 17.8 Å². The predicted octanol–water partition coefficient (Wildman–Crippen LogP) is 2.35. The lowest BCUT2D eigenvalue weighted by Crippen LogP contribution is -2.43. The first kappa shape index (κ1) is 17.3. The minimum absolute atomic E-state index is 0.0589. The van der Waals surface area contributed by atoms with Crippen LogP contribution >= 0.6 is 0 Å². The van der Waals surface area contributed by atoms with Crippen LogP contribution in [-0.2, 0) is 20.7 Å². The van der Waals surface area contributed by atoms with Gasteiger partial charge in [0.05, 0.1) is 26.1 Å². The van der Waals surface area contributed by atoms with Crippen LogP contribution in [0.2, 0.25) is 0 Å². The summed E-state index contributed by atoms with van der Waals surface area (Å²) in [6.07, 6.45) is 1.99. The highest BCUT2D eigenvalue weighted by Gasteiger charge is 2.29. The minimum Gasteiger partial charge on any atom is -0.496 e. The van der Waals surface area contributed by atoms with Gasteiger partial charge in [-0.05, 0) is 43.9 Å². The van der Waals surface area contributed by atoms with Crippen LogP contribution in [0, 0.1) is 12.8 Å². The third-order valence-electron chi connectivity index (χ3n) is 4.21. The van der Waals surface area contributed by atoms with E-state index in [1.54, 1.807) is 18.9 Å². The quantitative estimate of drug-likeness (QED) is 0.782. The van der Waals surface area contributed by atoms with Crippen molar-refractivity contribution in [2.75, 3.05) is 26.8 Å². The van der Waals surface area contributed by atoms with Crippen LogP contribution in [0.4, 0.5) is 0 Å². The second-order valence-corrected chi connectivity index (χ2v) is 5.91. The monoisotopic (exact) mass is 319 g/mol. The number of rotatable bonds is 5. The molecule has 126 valence electrons. The Morgan fingerprint density at radius 2 is 2.13 bits per heavy atom. The summed E-state index contributed by atoms with van der Waals surface area (Å²) in [6.45, 7) is 5.32. The van der Waals surface area contributed by atoms with E-state index in [2.05, 4.69) is 0 Å². The van der Waals surface area contributed by atoms with E-state index in [1.807, 2.05) is 25.1 Å². The van der Waals surface area contributed by atoms with Crippen molar-refractivity contribution in [3.05, 3.63) is 29.3 Å². The average Bonchev–Trinajstić information content (AvgIpc) is 2.55. The first-order valence-electron chi connectivity index (χ1n) is 8.13. The average molecular weight is 319 g/mol. The number of ether oxygens (including phenoxy) is 2. The van der Waals surface area contributed by atoms with Gasteiger partial charge < -0.3 is 14.4 Å². The van der Waals surface area contributed by atoms with Crippen LogP contribution in [0.25, 0.3) is 0 Å². The summed E-state index contributed by atoms with van der Waals surface area (Å²) >= 11 is 0. The number of hydrogen-bond acceptors (Lipinski definition) is 4. The van der Waals surface area contributed by atoms with Crippen molar-refractivity contribution < 1.29 is 19.1 Å². The Labute approximate surface area is 137 Å². The fraction of sp³-hybridized carbons (Fsp3) is 0.556. The Morgan fingerprint density at radius 3 is 2.78 bits per heavy atom. The maximum Gasteiger partial charge on any atom is 0.310 e. The standard InChI is InChI=1S/C18H25NO4/c1-4-23-18(21)15-6-5-9-19(12-15)17(20)11-14-7-8-16(22-3)13(2)10-14/h7-8,10,15H,4-6,9,11-12H2,1-3H3. The van der Waals surface area contributed by atoms with E-state index in [9.17, 15) is 9.59 Å². The number of carbonyl (C=O) groups is 2. The van der Waals surface area contributed by atoms with E-state index >= 15 is 0 Å². The zero-order valence-electron chi connectivity index (χ0n) is 14.1. The Kier molecular flexibility index (Phi) is 6.02. The van der Waals surface area contributed by atoms with Crippen molar-refractivity contribution in [1.82, 2.24) is 4.90 Å². The van der Waals surface area contributed by atoms with Crippen molar-refractivity contribution in [1.29, 1.82) is 0 Å². The first-order valence-corrected chi connectivity index (χ1v) is 8.13. The van der Waals surface area contributed by atoms with Crippen LogP contribution in [0.1, 0.15) is 30.9 Å². The number of likely N-dealkylation sites (tertiary alicyclic amines) is 1. The van der Waals surface area contributed by atoms with E-state index in [4.69, 9.17) is 9.47 Å². The number of piperidine rings is 1. The Balaban J connectivity index is 1.97. The summed E-state index contributed by atoms with van der Waals surface area (Å²) in [5, 5.41) is 0. The van der Waals surface area contributed by atoms with Crippen LogP contribution in [-0.4, -0.2) is 43.6 Å². The molecule has 1 aromatic carbocycles. The second-order valence-electron chi connectivity index (χ2n) is 5.91. The highest BCUT2D eigenvalue weighted by atomic mass is 16.5. The van der Waals surface area contributed by atoms with Crippen molar-refractivity contribution in [2.24, 2.45) is 5.92 Å². The molecule has 5 heteroatoms. The molecule has 2 rings (SSSR count). The first-order chi connectivity index (χ1) is 11.0. The number of amides is 1. The summed E-state index contributed by atoms with van der Waals surface area (Å²) < 4.78 is 10.3. The number of methoxy groups -OCH3 is 1. The van der Waals surface area contributed by atoms with Crippen molar-refractivity contribution in [3.8, 4) is 5.75 Å². The maximum absolute atomic E-state index is 12.5. The molecule has 1 aliphatic rings. The molecule has 0 spiro atoms. The molecule has 1 unspecified atom stereocenters. The lowest BCUT2D eigenvalue weighted by Gasteiger charge is -2.31. The van der Waals surface area contributed by atoms with E-state index in [1.165, 1.54) is 0 Å². The summed E-state index contributed by atoms with van der Waals surface area (Å²) in [4.78, 5) is 26.1. The molecule has 0 N–H and O–H groups in total. The minimum atomic E-state index is -0.190. The molecule has 0 saturated carbocycles. The maximum atomic E-state index is 12.5. The van der Waals surface area contributed by atoms with Gasteiger partial charge in [0.1, 0.15) is 5.75 Å². The molecule has 0 bridgehead atoms. The smallest absolute Gasteiger partial charge is 0.310 e. The molecule has 0 radical (unpaired) electrons. The third-order valence-corrected chi connectivity index (χ3v) is 4.21. The van der Waals surface area contributed by atoms with Gasteiger partial charge in [0, 0.05) is 13.1 Å². The normalized spacial score (nSPS) is 17.7. The SMILES string of the molecule is CCOC(=O)C1CCCN(C(=O)Cc2ccc(OC)c(C)c2)C1. The van der Waals surface area contributed by atoms with Gasteiger partial charge in [-0.15, -0.1) is 0 Å². The van der Waals surface area contributed by atoms with Crippen molar-refractivity contribution in [3.63, 3.8) is 0 Å². The largest absolute Gasteiger partial charge is 0.496 e. The third kappa shape index (κ3) is 4.47. The molecular formula is C18H25NO4. The van der Waals surface area contributed by atoms with E-state index in [0.717, 1.165) is 29.7 Å². The molecule has 5 nitrogen and oxygen atoms in total. The van der Waals surface area contributed by atoms with E-state index in [0.29, 0.717) is 26.1 Å². The zero-order chi connectivity index (χ0) is 16.8. The van der Waals surface area contributed by atoms with Crippen molar-refractivity contribution >= 4 is 11.9 Å². The Bertz CT molecular complexity index is 570. The molecule has 0 aromatic heterocycles. The van der Waals surface area contributed by atoms with Crippen molar-refractivity contribution in [2.45, 2.75) is 33.1 Å². The highest BCUT2D eigenvalue weighted by Crippen LogP contribution is 2.21. The number of aryl methyl sites for hydroxylation is 1. The molecule has 1 aliphatic heterocycles. The molecule has 1 aromatic rings. The zero-order valence-corrected chi connectivity index (χ0v) is 14.1. The molecule has 0 aliphatic carbocycles. The van der Waals surface area contributed by atoms with Gasteiger partial charge in [-0.2, -0.15) is 0 Å². The molecule has 23 heavy (non-hydrogen) atoms. The van der Waals surface area contributed by atoms with Gasteiger partial charge in [0.25, 0.3) is 0 Å². The lowest BCUT2D eigenvalue weighted by atomic mass is 9.97. The number of nitrogens with zero attached hydrogens (tertiary/aromatic N) is 1. The molecule has 1 heterocycles. The fourth-order valence-electron chi connectivity index (χ4n) is 2.99. The highest BCUT2D eigenvalue weighted by molar-refractivity contribution is 5.80. The van der Waals surface area contributed by atoms with Gasteiger partial charge in [-0.1, -0.05) is 12.1 Å². The Hall–Kier alpha value is -2.04. The molecule has 1 fully saturated rings. The van der Waals surface area contributed by atoms with Gasteiger partial charge >= 0.3 is 5.97 Å². The van der Waals surface area contributed by atoms with Gasteiger partial charge in [-0.25, -0.2) is 0 Å². The molecule has 1 atom stereocenters. The van der Waals surface area contributed by atoms with Crippen LogP contribution in [0.15, 0.2) is 18.2 Å². The lowest BCUT2D eigenvalue weighted by molar-refractivity contribution is -0.151. The molecular weight excluding hydrogens is 294 g/mol. The van der Waals surface area contributed by atoms with Gasteiger partial charge in [0.15, 0.2) is 0 Å². The van der Waals surface area contributed by atoms with Gasteiger partial charge in [-0.3, -0.25) is 9.59 Å². The topological polar surface area (TPSA) is 55.8 Å². The molecule has 1 amide bonds. The van der Waals surface area contributed by atoms with E-state index < -0.39 is 0 Å².